The monoisotopic (exact) mass is 776 g/mol. The van der Waals surface area contributed by atoms with E-state index in [1.807, 2.05) is 67.5 Å². The fraction of sp³-hybridized carbons (Fsp3) is 0.732. The van der Waals surface area contributed by atoms with E-state index in [-0.39, 0.29) is 60.0 Å². The van der Waals surface area contributed by atoms with E-state index < -0.39 is 60.2 Å². The molecule has 1 fully saturated rings. The molecule has 312 valence electrons. The van der Waals surface area contributed by atoms with E-state index in [4.69, 9.17) is 9.47 Å². The highest BCUT2D eigenvalue weighted by molar-refractivity contribution is 5.90. The number of nitrogens with zero attached hydrogens (tertiary/aromatic N) is 3. The molecule has 0 spiro atoms. The molecule has 14 heteroatoms. The Morgan fingerprint density at radius 1 is 0.909 bits per heavy atom. The Labute approximate surface area is 328 Å². The van der Waals surface area contributed by atoms with E-state index in [0.717, 1.165) is 0 Å². The Bertz CT molecular complexity index is 1410. The molecule has 0 saturated carbocycles. The third kappa shape index (κ3) is 12.6. The fourth-order valence-electron chi connectivity index (χ4n) is 8.02. The van der Waals surface area contributed by atoms with Gasteiger partial charge in [0.25, 0.3) is 0 Å². The van der Waals surface area contributed by atoms with Gasteiger partial charge in [0.15, 0.2) is 0 Å². The van der Waals surface area contributed by atoms with Gasteiger partial charge in [-0.05, 0) is 61.9 Å². The summed E-state index contributed by atoms with van der Waals surface area (Å²) < 4.78 is 11.9. The van der Waals surface area contributed by atoms with Crippen LogP contribution in [0.3, 0.4) is 0 Å². The summed E-state index contributed by atoms with van der Waals surface area (Å²) in [6.07, 6.45) is -0.159. The molecule has 1 aromatic carbocycles. The van der Waals surface area contributed by atoms with Crippen molar-refractivity contribution in [3.05, 3.63) is 29.8 Å². The zero-order valence-corrected chi connectivity index (χ0v) is 35.4. The number of phenolic OH excluding ortho intramolecular Hbond substituents is 1. The number of carboxylic acids is 1. The molecular formula is C41H69N5O9. The van der Waals surface area contributed by atoms with Crippen molar-refractivity contribution < 1.29 is 43.7 Å². The predicted molar refractivity (Wildman–Crippen MR) is 211 cm³/mol. The number of likely N-dealkylation sites (N-methyl/N-ethyl adjacent to an activating group) is 2. The van der Waals surface area contributed by atoms with Gasteiger partial charge in [-0.3, -0.25) is 24.1 Å². The second kappa shape index (κ2) is 21.5. The average molecular weight is 776 g/mol. The van der Waals surface area contributed by atoms with Crippen molar-refractivity contribution in [2.75, 3.05) is 41.9 Å². The molecule has 1 heterocycles. The number of carbonyl (C=O) groups is 5. The van der Waals surface area contributed by atoms with Crippen LogP contribution in [0.5, 0.6) is 5.75 Å². The number of ether oxygens (including phenoxy) is 2. The molecule has 14 nitrogen and oxygen atoms in total. The van der Waals surface area contributed by atoms with Crippen LogP contribution >= 0.6 is 0 Å². The van der Waals surface area contributed by atoms with Crippen LogP contribution in [0, 0.1) is 29.6 Å². The smallest absolute Gasteiger partial charge is 0.326 e. The van der Waals surface area contributed by atoms with Crippen molar-refractivity contribution in [3.63, 3.8) is 0 Å². The number of aliphatic carboxylic acids is 1. The van der Waals surface area contributed by atoms with E-state index in [2.05, 4.69) is 10.6 Å². The average Bonchev–Trinajstić information content (AvgIpc) is 3.50. The molecule has 0 aliphatic carbocycles. The molecule has 1 aliphatic heterocycles. The largest absolute Gasteiger partial charge is 0.508 e. The van der Waals surface area contributed by atoms with Crippen LogP contribution in [0.25, 0.3) is 0 Å². The van der Waals surface area contributed by atoms with Crippen molar-refractivity contribution in [3.8, 4) is 5.75 Å². The molecule has 0 aromatic heterocycles. The minimum Gasteiger partial charge on any atom is -0.508 e. The first-order valence-electron chi connectivity index (χ1n) is 19.6. The number of aromatic hydroxyl groups is 1. The van der Waals surface area contributed by atoms with Gasteiger partial charge in [0, 0.05) is 34.2 Å². The molecule has 2 rings (SSSR count). The van der Waals surface area contributed by atoms with Gasteiger partial charge in [-0.2, -0.15) is 0 Å². The van der Waals surface area contributed by atoms with Crippen molar-refractivity contribution in [2.45, 2.75) is 123 Å². The summed E-state index contributed by atoms with van der Waals surface area (Å²) in [6, 6.07) is 2.72. The second-order valence-corrected chi connectivity index (χ2v) is 16.4. The minimum atomic E-state index is -1.22. The van der Waals surface area contributed by atoms with Crippen LogP contribution in [-0.4, -0.2) is 139 Å². The van der Waals surface area contributed by atoms with E-state index in [1.54, 1.807) is 35.9 Å². The molecule has 0 radical (unpaired) electrons. The van der Waals surface area contributed by atoms with Crippen LogP contribution in [0.15, 0.2) is 24.3 Å². The van der Waals surface area contributed by atoms with Gasteiger partial charge in [0.05, 0.1) is 42.7 Å². The maximum Gasteiger partial charge on any atom is 0.326 e. The van der Waals surface area contributed by atoms with Crippen LogP contribution < -0.4 is 10.6 Å². The highest BCUT2D eigenvalue weighted by Gasteiger charge is 2.45. The van der Waals surface area contributed by atoms with Gasteiger partial charge in [-0.25, -0.2) is 4.79 Å². The van der Waals surface area contributed by atoms with Gasteiger partial charge < -0.3 is 40.1 Å². The molecule has 1 saturated heterocycles. The van der Waals surface area contributed by atoms with Crippen LogP contribution in [0.2, 0.25) is 0 Å². The molecule has 0 bridgehead atoms. The molecule has 1 aromatic rings. The van der Waals surface area contributed by atoms with Gasteiger partial charge in [-0.15, -0.1) is 0 Å². The summed E-state index contributed by atoms with van der Waals surface area (Å²) in [6.45, 7) is 15.9. The number of nitrogens with one attached hydrogen (secondary N) is 2. The zero-order valence-electron chi connectivity index (χ0n) is 35.4. The van der Waals surface area contributed by atoms with Crippen LogP contribution in [-0.2, 0) is 39.9 Å². The van der Waals surface area contributed by atoms with Crippen molar-refractivity contribution in [1.29, 1.82) is 0 Å². The summed E-state index contributed by atoms with van der Waals surface area (Å²) in [5.41, 5.74) is 0.632. The summed E-state index contributed by atoms with van der Waals surface area (Å²) in [7, 11) is 8.40. The van der Waals surface area contributed by atoms with Gasteiger partial charge in [-0.1, -0.05) is 73.9 Å². The number of carboxylic acid groups (broad SMARTS) is 1. The van der Waals surface area contributed by atoms with Gasteiger partial charge in [0.2, 0.25) is 23.6 Å². The molecule has 4 amide bonds. The Hall–Kier alpha value is -3.75. The Kier molecular flexibility index (Phi) is 18.6. The molecule has 0 unspecified atom stereocenters. The lowest BCUT2D eigenvalue weighted by atomic mass is 9.89. The van der Waals surface area contributed by atoms with E-state index in [0.29, 0.717) is 24.9 Å². The topological polar surface area (TPSA) is 178 Å². The number of carbonyl (C=O) groups excluding carboxylic acids is 4. The fourth-order valence-corrected chi connectivity index (χ4v) is 8.02. The van der Waals surface area contributed by atoms with E-state index in [1.165, 1.54) is 26.4 Å². The standard InChI is InChI=1S/C41H69N5O9/c1-14-26(7)36(45(11)40(51)34(23(2)3)43-39(50)35(24(4)5)44(9)10)32(54-12)21-33(48)46-22-25(6)19-31(46)37(55-13)27(8)38(49)42-30(41(52)53)20-28-15-17-29(47)18-16-28/h15-18,23-27,30-32,34-37,47H,14,19-22H2,1-13H3,(H,42,49)(H,43,50)(H,52,53)/t25-,26+,27-,30+,31+,32-,34+,35+,36+,37-/m1/s1. The molecule has 4 N–H and O–H groups in total. The second-order valence-electron chi connectivity index (χ2n) is 16.4. The first kappa shape index (κ1) is 47.4. The summed E-state index contributed by atoms with van der Waals surface area (Å²) >= 11 is 0. The Morgan fingerprint density at radius 3 is 1.98 bits per heavy atom. The summed E-state index contributed by atoms with van der Waals surface area (Å²) in [4.78, 5) is 72.9. The first-order chi connectivity index (χ1) is 25.7. The quantitative estimate of drug-likeness (QED) is 0.145. The van der Waals surface area contributed by atoms with Crippen LogP contribution in [0.4, 0.5) is 0 Å². The van der Waals surface area contributed by atoms with Gasteiger partial charge >= 0.3 is 5.97 Å². The number of phenols is 1. The number of benzene rings is 1. The number of hydrogen-bond donors (Lipinski definition) is 4. The predicted octanol–water partition coefficient (Wildman–Crippen LogP) is 3.40. The first-order valence-corrected chi connectivity index (χ1v) is 19.6. The number of hydrogen-bond acceptors (Lipinski definition) is 9. The van der Waals surface area contributed by atoms with Crippen molar-refractivity contribution in [1.82, 2.24) is 25.3 Å². The Morgan fingerprint density at radius 2 is 1.51 bits per heavy atom. The number of likely N-dealkylation sites (tertiary alicyclic amines) is 1. The number of methoxy groups -OCH3 is 2. The maximum absolute atomic E-state index is 14.3. The maximum atomic E-state index is 14.3. The minimum absolute atomic E-state index is 0.0162. The lowest BCUT2D eigenvalue weighted by molar-refractivity contribution is -0.148. The summed E-state index contributed by atoms with van der Waals surface area (Å²) in [5, 5.41) is 25.2. The Balaban J connectivity index is 2.32. The normalized spacial score (nSPS) is 20.3. The van der Waals surface area contributed by atoms with Gasteiger partial charge in [0.1, 0.15) is 17.8 Å². The highest BCUT2D eigenvalue weighted by atomic mass is 16.5. The molecular weight excluding hydrogens is 706 g/mol. The lowest BCUT2D eigenvalue weighted by Crippen LogP contribution is -2.59. The van der Waals surface area contributed by atoms with Crippen LogP contribution in [0.1, 0.15) is 80.2 Å². The number of rotatable bonds is 21. The SMILES string of the molecule is CC[C@H](C)[C@@H]([C@@H](CC(=O)N1C[C@H](C)C[C@H]1[C@H](OC)[C@@H](C)C(=O)N[C@@H](Cc1ccc(O)cc1)C(=O)O)OC)N(C)C(=O)[C@@H](NC(=O)[C@H](C(C)C)N(C)C)C(C)C. The van der Waals surface area contributed by atoms with E-state index in [9.17, 15) is 34.2 Å². The third-order valence-electron chi connectivity index (χ3n) is 11.2. The number of amides is 4. The zero-order chi connectivity index (χ0) is 41.9. The molecule has 55 heavy (non-hydrogen) atoms. The van der Waals surface area contributed by atoms with E-state index >= 15 is 0 Å². The highest BCUT2D eigenvalue weighted by Crippen LogP contribution is 2.32. The molecule has 1 aliphatic rings. The third-order valence-corrected chi connectivity index (χ3v) is 11.2. The lowest BCUT2D eigenvalue weighted by Gasteiger charge is -2.41. The summed E-state index contributed by atoms with van der Waals surface area (Å²) in [5.74, 6) is -3.31. The van der Waals surface area contributed by atoms with Crippen molar-refractivity contribution in [2.24, 2.45) is 29.6 Å². The molecule has 10 atom stereocenters. The van der Waals surface area contributed by atoms with Crippen molar-refractivity contribution >= 4 is 29.6 Å².